The Morgan fingerprint density at radius 3 is 3.08 bits per heavy atom. The second-order valence-corrected chi connectivity index (χ2v) is 4.35. The summed E-state index contributed by atoms with van der Waals surface area (Å²) in [6, 6.07) is 4.28. The van der Waals surface area contributed by atoms with Gasteiger partial charge in [0.1, 0.15) is 15.5 Å². The highest BCUT2D eigenvalue weighted by Crippen LogP contribution is 2.28. The van der Waals surface area contributed by atoms with Crippen molar-refractivity contribution in [3.8, 4) is 5.75 Å². The van der Waals surface area contributed by atoms with Crippen LogP contribution in [0.2, 0.25) is 0 Å². The average Bonchev–Trinajstić information content (AvgIpc) is 2.08. The van der Waals surface area contributed by atoms with Crippen molar-refractivity contribution in [1.29, 1.82) is 0 Å². The summed E-state index contributed by atoms with van der Waals surface area (Å²) in [5.41, 5.74) is 0.889. The van der Waals surface area contributed by atoms with Gasteiger partial charge >= 0.3 is 5.97 Å². The highest BCUT2D eigenvalue weighted by Gasteiger charge is 2.25. The van der Waals surface area contributed by atoms with Crippen LogP contribution >= 0.6 is 22.6 Å². The molecule has 0 aliphatic carbocycles. The first-order valence-corrected chi connectivity index (χ1v) is 5.05. The molecule has 0 radical (unpaired) electrons. The maximum absolute atomic E-state index is 12.7. The van der Waals surface area contributed by atoms with Gasteiger partial charge in [-0.3, -0.25) is 4.79 Å². The summed E-state index contributed by atoms with van der Waals surface area (Å²) in [5, 5.41) is 0. The number of esters is 1. The van der Waals surface area contributed by atoms with E-state index in [9.17, 15) is 9.18 Å². The van der Waals surface area contributed by atoms with Gasteiger partial charge in [0.05, 0.1) is 0 Å². The van der Waals surface area contributed by atoms with Crippen LogP contribution in [0.1, 0.15) is 5.56 Å². The lowest BCUT2D eigenvalue weighted by molar-refractivity contribution is -0.134. The van der Waals surface area contributed by atoms with Crippen molar-refractivity contribution in [2.24, 2.45) is 0 Å². The zero-order valence-electron chi connectivity index (χ0n) is 6.59. The van der Waals surface area contributed by atoms with Crippen LogP contribution in [-0.2, 0) is 11.2 Å². The number of carbonyl (C=O) groups is 1. The van der Waals surface area contributed by atoms with Crippen molar-refractivity contribution in [3.63, 3.8) is 0 Å². The Labute approximate surface area is 88.2 Å². The second kappa shape index (κ2) is 3.25. The van der Waals surface area contributed by atoms with E-state index in [1.165, 1.54) is 12.1 Å². The fourth-order valence-corrected chi connectivity index (χ4v) is 1.84. The zero-order chi connectivity index (χ0) is 9.42. The Kier molecular flexibility index (Phi) is 2.23. The van der Waals surface area contributed by atoms with Gasteiger partial charge in [-0.05, 0) is 18.1 Å². The smallest absolute Gasteiger partial charge is 0.324 e. The van der Waals surface area contributed by atoms with E-state index in [0.29, 0.717) is 12.2 Å². The number of ether oxygens (including phenoxy) is 1. The third-order valence-electron chi connectivity index (χ3n) is 1.89. The molecular formula is C9H6FIO2. The normalized spacial score (nSPS) is 20.8. The molecule has 0 saturated heterocycles. The molecule has 0 saturated carbocycles. The van der Waals surface area contributed by atoms with Crippen molar-refractivity contribution < 1.29 is 13.9 Å². The quantitative estimate of drug-likeness (QED) is 0.317. The molecule has 0 aromatic heterocycles. The van der Waals surface area contributed by atoms with Crippen molar-refractivity contribution >= 4 is 28.6 Å². The lowest BCUT2D eigenvalue weighted by Crippen LogP contribution is -2.27. The summed E-state index contributed by atoms with van der Waals surface area (Å²) in [4.78, 5) is 11.1. The van der Waals surface area contributed by atoms with Crippen LogP contribution in [0.4, 0.5) is 4.39 Å². The van der Waals surface area contributed by atoms with Gasteiger partial charge in [0.15, 0.2) is 0 Å². The molecule has 0 N–H and O–H groups in total. The molecule has 0 fully saturated rings. The number of alkyl halides is 1. The molecule has 0 amide bonds. The molecule has 68 valence electrons. The van der Waals surface area contributed by atoms with Gasteiger partial charge in [-0.25, -0.2) is 4.39 Å². The highest BCUT2D eigenvalue weighted by atomic mass is 127. The molecule has 1 aliphatic rings. The van der Waals surface area contributed by atoms with Crippen molar-refractivity contribution in [1.82, 2.24) is 0 Å². The van der Waals surface area contributed by atoms with E-state index in [1.807, 2.05) is 22.6 Å². The molecule has 1 aliphatic heterocycles. The number of halogens is 2. The monoisotopic (exact) mass is 292 g/mol. The fraction of sp³-hybridized carbons (Fsp3) is 0.222. The lowest BCUT2D eigenvalue weighted by atomic mass is 10.1. The van der Waals surface area contributed by atoms with E-state index >= 15 is 0 Å². The Bertz CT molecular complexity index is 365. The molecule has 1 atom stereocenters. The number of carbonyl (C=O) groups excluding carboxylic acids is 1. The van der Waals surface area contributed by atoms with Crippen LogP contribution in [0, 0.1) is 5.82 Å². The predicted octanol–water partition coefficient (Wildman–Crippen LogP) is 2.09. The van der Waals surface area contributed by atoms with Crippen LogP contribution in [0.3, 0.4) is 0 Å². The maximum Gasteiger partial charge on any atom is 0.324 e. The minimum atomic E-state index is -0.376. The summed E-state index contributed by atoms with van der Waals surface area (Å²) >= 11 is 2.02. The van der Waals surface area contributed by atoms with Crippen LogP contribution in [0.15, 0.2) is 18.2 Å². The first kappa shape index (κ1) is 8.93. The topological polar surface area (TPSA) is 26.3 Å². The third kappa shape index (κ3) is 1.67. The van der Waals surface area contributed by atoms with Gasteiger partial charge in [0, 0.05) is 6.07 Å². The van der Waals surface area contributed by atoms with Gasteiger partial charge < -0.3 is 4.74 Å². The molecule has 4 heteroatoms. The van der Waals surface area contributed by atoms with Crippen LogP contribution in [-0.4, -0.2) is 9.89 Å². The van der Waals surface area contributed by atoms with Gasteiger partial charge in [-0.1, -0.05) is 28.7 Å². The fourth-order valence-electron chi connectivity index (χ4n) is 1.24. The standard InChI is InChI=1S/C9H6FIO2/c10-6-2-1-5-3-7(11)9(12)13-8(5)4-6/h1-2,4,7H,3H2. The van der Waals surface area contributed by atoms with E-state index in [1.54, 1.807) is 6.07 Å². The number of rotatable bonds is 0. The summed E-state index contributed by atoms with van der Waals surface area (Å²) in [6.07, 6.45) is 0.620. The Morgan fingerprint density at radius 1 is 1.54 bits per heavy atom. The molecule has 1 unspecified atom stereocenters. The van der Waals surface area contributed by atoms with E-state index in [-0.39, 0.29) is 15.7 Å². The molecule has 1 aromatic rings. The number of fused-ring (bicyclic) bond motifs is 1. The highest BCUT2D eigenvalue weighted by molar-refractivity contribution is 14.1. The lowest BCUT2D eigenvalue weighted by Gasteiger charge is -2.18. The molecule has 2 nitrogen and oxygen atoms in total. The minimum Gasteiger partial charge on any atom is -0.425 e. The first-order valence-electron chi connectivity index (χ1n) is 3.81. The average molecular weight is 292 g/mol. The summed E-state index contributed by atoms with van der Waals surface area (Å²) in [7, 11) is 0. The SMILES string of the molecule is O=C1Oc2cc(F)ccc2CC1I. The molecule has 2 rings (SSSR count). The molecule has 0 spiro atoms. The predicted molar refractivity (Wildman–Crippen MR) is 53.5 cm³/mol. The van der Waals surface area contributed by atoms with E-state index in [2.05, 4.69) is 0 Å². The van der Waals surface area contributed by atoms with Crippen LogP contribution < -0.4 is 4.74 Å². The summed E-state index contributed by atoms with van der Waals surface area (Å²) in [6.45, 7) is 0. The van der Waals surface area contributed by atoms with E-state index in [4.69, 9.17) is 4.74 Å². The Hall–Kier alpha value is -0.650. The van der Waals surface area contributed by atoms with Gasteiger partial charge in [-0.2, -0.15) is 0 Å². The Morgan fingerprint density at radius 2 is 2.31 bits per heavy atom. The van der Waals surface area contributed by atoms with Crippen molar-refractivity contribution in [2.45, 2.75) is 10.3 Å². The maximum atomic E-state index is 12.7. The van der Waals surface area contributed by atoms with Crippen LogP contribution in [0.5, 0.6) is 5.75 Å². The molecular weight excluding hydrogens is 286 g/mol. The van der Waals surface area contributed by atoms with Crippen LogP contribution in [0.25, 0.3) is 0 Å². The van der Waals surface area contributed by atoms with Crippen molar-refractivity contribution in [3.05, 3.63) is 29.6 Å². The second-order valence-electron chi connectivity index (χ2n) is 2.84. The van der Waals surface area contributed by atoms with Gasteiger partial charge in [0.2, 0.25) is 0 Å². The van der Waals surface area contributed by atoms with E-state index < -0.39 is 0 Å². The Balaban J connectivity index is 2.42. The molecule has 1 aromatic carbocycles. The number of benzene rings is 1. The van der Waals surface area contributed by atoms with Gasteiger partial charge in [-0.15, -0.1) is 0 Å². The number of hydrogen-bond donors (Lipinski definition) is 0. The minimum absolute atomic E-state index is 0.157. The van der Waals surface area contributed by atoms with Gasteiger partial charge in [0.25, 0.3) is 0 Å². The van der Waals surface area contributed by atoms with E-state index in [0.717, 1.165) is 5.56 Å². The molecule has 1 heterocycles. The largest absolute Gasteiger partial charge is 0.425 e. The zero-order valence-corrected chi connectivity index (χ0v) is 8.75. The first-order chi connectivity index (χ1) is 6.16. The molecule has 0 bridgehead atoms. The third-order valence-corrected chi connectivity index (χ3v) is 2.84. The summed E-state index contributed by atoms with van der Waals surface area (Å²) in [5.74, 6) is -0.310. The van der Waals surface area contributed by atoms with Crippen molar-refractivity contribution in [2.75, 3.05) is 0 Å². The molecule has 13 heavy (non-hydrogen) atoms. The number of hydrogen-bond acceptors (Lipinski definition) is 2. The summed E-state index contributed by atoms with van der Waals surface area (Å²) < 4.78 is 17.5.